The van der Waals surface area contributed by atoms with Crippen molar-refractivity contribution in [3.8, 4) is 5.75 Å². The third kappa shape index (κ3) is 5.15. The second-order valence-electron chi connectivity index (χ2n) is 7.19. The SMILES string of the molecule is COc1cccc(NC(=O)N2CCC[C@H](C(=O)NC(C)(C)C)C2)c1. The normalized spacial score (nSPS) is 18.0. The van der Waals surface area contributed by atoms with Crippen molar-refractivity contribution in [1.29, 1.82) is 0 Å². The lowest BCUT2D eigenvalue weighted by atomic mass is 9.96. The molecule has 132 valence electrons. The first kappa shape index (κ1) is 18.1. The molecule has 0 radical (unpaired) electrons. The van der Waals surface area contributed by atoms with Gasteiger partial charge in [0.25, 0.3) is 0 Å². The summed E-state index contributed by atoms with van der Waals surface area (Å²) in [5, 5.41) is 5.87. The molecule has 0 aliphatic carbocycles. The van der Waals surface area contributed by atoms with Gasteiger partial charge in [0, 0.05) is 30.4 Å². The summed E-state index contributed by atoms with van der Waals surface area (Å²) in [6, 6.07) is 7.05. The molecule has 3 amide bonds. The molecule has 2 rings (SSSR count). The van der Waals surface area contributed by atoms with Crippen molar-refractivity contribution < 1.29 is 14.3 Å². The topological polar surface area (TPSA) is 70.7 Å². The fourth-order valence-corrected chi connectivity index (χ4v) is 2.75. The number of amides is 3. The van der Waals surface area contributed by atoms with Crippen LogP contribution in [0.1, 0.15) is 33.6 Å². The highest BCUT2D eigenvalue weighted by molar-refractivity contribution is 5.90. The van der Waals surface area contributed by atoms with Gasteiger partial charge in [0.15, 0.2) is 0 Å². The van der Waals surface area contributed by atoms with Gasteiger partial charge in [-0.25, -0.2) is 4.79 Å². The molecule has 1 saturated heterocycles. The van der Waals surface area contributed by atoms with E-state index in [-0.39, 0.29) is 23.4 Å². The van der Waals surface area contributed by atoms with Crippen LogP contribution in [0.4, 0.5) is 10.5 Å². The van der Waals surface area contributed by atoms with Crippen molar-refractivity contribution in [1.82, 2.24) is 10.2 Å². The van der Waals surface area contributed by atoms with E-state index >= 15 is 0 Å². The fraction of sp³-hybridized carbons (Fsp3) is 0.556. The lowest BCUT2D eigenvalue weighted by molar-refractivity contribution is -0.127. The quantitative estimate of drug-likeness (QED) is 0.893. The molecule has 24 heavy (non-hydrogen) atoms. The number of likely N-dealkylation sites (tertiary alicyclic amines) is 1. The number of urea groups is 1. The van der Waals surface area contributed by atoms with Crippen LogP contribution in [0.5, 0.6) is 5.75 Å². The summed E-state index contributed by atoms with van der Waals surface area (Å²) in [5.41, 5.74) is 0.419. The van der Waals surface area contributed by atoms with E-state index in [2.05, 4.69) is 10.6 Å². The number of carbonyl (C=O) groups is 2. The van der Waals surface area contributed by atoms with E-state index in [1.807, 2.05) is 39.0 Å². The second kappa shape index (κ2) is 7.55. The number of nitrogens with one attached hydrogen (secondary N) is 2. The van der Waals surface area contributed by atoms with Crippen LogP contribution in [0.15, 0.2) is 24.3 Å². The van der Waals surface area contributed by atoms with E-state index in [1.54, 1.807) is 18.1 Å². The summed E-state index contributed by atoms with van der Waals surface area (Å²) in [6.07, 6.45) is 1.64. The summed E-state index contributed by atoms with van der Waals surface area (Å²) in [5.74, 6) is 0.546. The zero-order valence-corrected chi connectivity index (χ0v) is 14.9. The maximum absolute atomic E-state index is 12.5. The minimum atomic E-state index is -0.262. The van der Waals surface area contributed by atoms with Gasteiger partial charge in [-0.05, 0) is 45.7 Å². The highest BCUT2D eigenvalue weighted by Gasteiger charge is 2.30. The average molecular weight is 333 g/mol. The predicted molar refractivity (Wildman–Crippen MR) is 94.2 cm³/mol. The smallest absolute Gasteiger partial charge is 0.321 e. The van der Waals surface area contributed by atoms with Gasteiger partial charge in [-0.1, -0.05) is 6.07 Å². The number of hydrogen-bond donors (Lipinski definition) is 2. The number of piperidine rings is 1. The van der Waals surface area contributed by atoms with Gasteiger partial charge in [-0.2, -0.15) is 0 Å². The Morgan fingerprint density at radius 1 is 1.29 bits per heavy atom. The maximum atomic E-state index is 12.5. The molecule has 6 nitrogen and oxygen atoms in total. The van der Waals surface area contributed by atoms with Crippen molar-refractivity contribution in [2.75, 3.05) is 25.5 Å². The first-order valence-corrected chi connectivity index (χ1v) is 8.30. The molecule has 2 N–H and O–H groups in total. The Labute approximate surface area is 143 Å². The molecule has 1 aromatic rings. The molecule has 0 aromatic heterocycles. The summed E-state index contributed by atoms with van der Waals surface area (Å²) >= 11 is 0. The number of anilines is 1. The number of carbonyl (C=O) groups excluding carboxylic acids is 2. The summed E-state index contributed by atoms with van der Waals surface area (Å²) in [7, 11) is 1.59. The Bertz CT molecular complexity index is 595. The van der Waals surface area contributed by atoms with Crippen LogP contribution in [-0.2, 0) is 4.79 Å². The van der Waals surface area contributed by atoms with Crippen LogP contribution in [-0.4, -0.2) is 42.6 Å². The minimum absolute atomic E-state index is 0.0152. The van der Waals surface area contributed by atoms with Crippen LogP contribution < -0.4 is 15.4 Å². The summed E-state index contributed by atoms with van der Waals surface area (Å²) < 4.78 is 5.16. The van der Waals surface area contributed by atoms with Gasteiger partial charge in [0.05, 0.1) is 13.0 Å². The Kier molecular flexibility index (Phi) is 5.70. The van der Waals surface area contributed by atoms with Crippen molar-refractivity contribution >= 4 is 17.6 Å². The summed E-state index contributed by atoms with van der Waals surface area (Å²) in [6.45, 7) is 6.98. The van der Waals surface area contributed by atoms with Gasteiger partial charge in [-0.3, -0.25) is 4.79 Å². The van der Waals surface area contributed by atoms with Crippen molar-refractivity contribution in [3.05, 3.63) is 24.3 Å². The Morgan fingerprint density at radius 3 is 2.71 bits per heavy atom. The number of methoxy groups -OCH3 is 1. The minimum Gasteiger partial charge on any atom is -0.497 e. The monoisotopic (exact) mass is 333 g/mol. The predicted octanol–water partition coefficient (Wildman–Crippen LogP) is 2.85. The van der Waals surface area contributed by atoms with Gasteiger partial charge in [0.1, 0.15) is 5.75 Å². The number of benzene rings is 1. The highest BCUT2D eigenvalue weighted by Crippen LogP contribution is 2.21. The largest absolute Gasteiger partial charge is 0.497 e. The van der Waals surface area contributed by atoms with Crippen LogP contribution in [0.25, 0.3) is 0 Å². The molecule has 1 aliphatic rings. The van der Waals surface area contributed by atoms with E-state index < -0.39 is 0 Å². The fourth-order valence-electron chi connectivity index (χ4n) is 2.75. The van der Waals surface area contributed by atoms with E-state index in [0.29, 0.717) is 24.5 Å². The van der Waals surface area contributed by atoms with Crippen LogP contribution in [0.3, 0.4) is 0 Å². The molecule has 1 fully saturated rings. The molecular weight excluding hydrogens is 306 g/mol. The third-order valence-electron chi connectivity index (χ3n) is 3.90. The number of hydrogen-bond acceptors (Lipinski definition) is 3. The lowest BCUT2D eigenvalue weighted by Crippen LogP contribution is -2.50. The maximum Gasteiger partial charge on any atom is 0.321 e. The first-order valence-electron chi connectivity index (χ1n) is 8.30. The van der Waals surface area contributed by atoms with Gasteiger partial charge in [0.2, 0.25) is 5.91 Å². The lowest BCUT2D eigenvalue weighted by Gasteiger charge is -2.33. The molecule has 0 unspecified atom stereocenters. The summed E-state index contributed by atoms with van der Waals surface area (Å²) in [4.78, 5) is 26.5. The molecule has 6 heteroatoms. The van der Waals surface area contributed by atoms with E-state index in [0.717, 1.165) is 12.8 Å². The number of ether oxygens (including phenoxy) is 1. The third-order valence-corrected chi connectivity index (χ3v) is 3.90. The Hall–Kier alpha value is -2.24. The number of nitrogens with zero attached hydrogens (tertiary/aromatic N) is 1. The Morgan fingerprint density at radius 2 is 2.04 bits per heavy atom. The first-order chi connectivity index (χ1) is 11.3. The molecule has 0 saturated carbocycles. The standard InChI is InChI=1S/C18H27N3O3/c1-18(2,3)20-16(22)13-7-6-10-21(12-13)17(23)19-14-8-5-9-15(11-14)24-4/h5,8-9,11,13H,6-7,10,12H2,1-4H3,(H,19,23)(H,20,22)/t13-/m0/s1. The molecule has 0 bridgehead atoms. The second-order valence-corrected chi connectivity index (χ2v) is 7.19. The van der Waals surface area contributed by atoms with Crippen molar-refractivity contribution in [3.63, 3.8) is 0 Å². The molecule has 1 aliphatic heterocycles. The molecule has 1 aromatic carbocycles. The average Bonchev–Trinajstić information content (AvgIpc) is 2.53. The molecule has 1 atom stereocenters. The van der Waals surface area contributed by atoms with Gasteiger partial charge >= 0.3 is 6.03 Å². The van der Waals surface area contributed by atoms with E-state index in [4.69, 9.17) is 4.74 Å². The molecule has 1 heterocycles. The molecular formula is C18H27N3O3. The van der Waals surface area contributed by atoms with Crippen molar-refractivity contribution in [2.45, 2.75) is 39.2 Å². The number of rotatable bonds is 3. The van der Waals surface area contributed by atoms with Gasteiger partial charge in [-0.15, -0.1) is 0 Å². The van der Waals surface area contributed by atoms with E-state index in [9.17, 15) is 9.59 Å². The van der Waals surface area contributed by atoms with Crippen LogP contribution >= 0.6 is 0 Å². The molecule has 0 spiro atoms. The Balaban J connectivity index is 1.95. The van der Waals surface area contributed by atoms with Crippen LogP contribution in [0, 0.1) is 5.92 Å². The van der Waals surface area contributed by atoms with Gasteiger partial charge < -0.3 is 20.3 Å². The van der Waals surface area contributed by atoms with Crippen molar-refractivity contribution in [2.24, 2.45) is 5.92 Å². The van der Waals surface area contributed by atoms with Crippen LogP contribution in [0.2, 0.25) is 0 Å². The zero-order chi connectivity index (χ0) is 17.7. The highest BCUT2D eigenvalue weighted by atomic mass is 16.5. The zero-order valence-electron chi connectivity index (χ0n) is 14.9. The van der Waals surface area contributed by atoms with E-state index in [1.165, 1.54) is 0 Å².